The van der Waals surface area contributed by atoms with Crippen LogP contribution in [0.3, 0.4) is 0 Å². The second-order valence-corrected chi connectivity index (χ2v) is 7.98. The molecule has 1 N–H and O–H groups in total. The van der Waals surface area contributed by atoms with E-state index in [2.05, 4.69) is 10.4 Å². The van der Waals surface area contributed by atoms with Crippen LogP contribution in [0.2, 0.25) is 0 Å². The summed E-state index contributed by atoms with van der Waals surface area (Å²) in [6.45, 7) is 1.70. The molecule has 0 bridgehead atoms. The molecule has 2 aromatic carbocycles. The molecular weight excluding hydrogens is 417 g/mol. The quantitative estimate of drug-likeness (QED) is 0.679. The van der Waals surface area contributed by atoms with Gasteiger partial charge in [0.15, 0.2) is 0 Å². The fourth-order valence-electron chi connectivity index (χ4n) is 3.35. The summed E-state index contributed by atoms with van der Waals surface area (Å²) in [5.74, 6) is -0.237. The van der Waals surface area contributed by atoms with Gasteiger partial charge in [0.1, 0.15) is 17.5 Å². The Morgan fingerprint density at radius 3 is 2.68 bits per heavy atom. The molecule has 2 amide bonds. The van der Waals surface area contributed by atoms with Gasteiger partial charge in [-0.15, -0.1) is 11.8 Å². The highest BCUT2D eigenvalue weighted by Gasteiger charge is 2.36. The zero-order valence-electron chi connectivity index (χ0n) is 16.6. The van der Waals surface area contributed by atoms with Gasteiger partial charge >= 0.3 is 0 Å². The van der Waals surface area contributed by atoms with E-state index in [-0.39, 0.29) is 17.5 Å². The number of para-hydroxylation sites is 1. The Bertz CT molecular complexity index is 1190. The topological polar surface area (TPSA) is 91.0 Å². The average molecular weight is 435 g/mol. The van der Waals surface area contributed by atoms with Crippen molar-refractivity contribution >= 4 is 29.3 Å². The van der Waals surface area contributed by atoms with Crippen molar-refractivity contribution in [3.8, 4) is 11.8 Å². The van der Waals surface area contributed by atoms with E-state index < -0.39 is 11.9 Å². The molecule has 1 atom stereocenters. The van der Waals surface area contributed by atoms with Crippen molar-refractivity contribution < 1.29 is 14.0 Å². The minimum Gasteiger partial charge on any atom is -0.324 e. The van der Waals surface area contributed by atoms with Crippen molar-refractivity contribution in [1.29, 1.82) is 5.26 Å². The molecule has 9 heteroatoms. The number of aromatic nitrogens is 2. The van der Waals surface area contributed by atoms with Gasteiger partial charge < -0.3 is 10.2 Å². The molecule has 1 aliphatic rings. The summed E-state index contributed by atoms with van der Waals surface area (Å²) in [5.41, 5.74) is 2.12. The number of rotatable bonds is 4. The van der Waals surface area contributed by atoms with Gasteiger partial charge in [0.05, 0.1) is 35.0 Å². The summed E-state index contributed by atoms with van der Waals surface area (Å²) in [7, 11) is 0. The molecule has 1 unspecified atom stereocenters. The lowest BCUT2D eigenvalue weighted by Gasteiger charge is -2.23. The third kappa shape index (κ3) is 4.02. The summed E-state index contributed by atoms with van der Waals surface area (Å²) in [6, 6.07) is 14.1. The van der Waals surface area contributed by atoms with Gasteiger partial charge in [-0.25, -0.2) is 9.07 Å². The molecule has 4 rings (SSSR count). The van der Waals surface area contributed by atoms with Gasteiger partial charge in [0, 0.05) is 11.4 Å². The zero-order valence-corrected chi connectivity index (χ0v) is 17.4. The van der Waals surface area contributed by atoms with E-state index >= 15 is 0 Å². The molecule has 7 nitrogen and oxygen atoms in total. The SMILES string of the molecule is Cc1c(C(=O)N2CSCC2C(=O)Nc2ccc(C#N)cc2)cnn1-c1ccccc1F. The smallest absolute Gasteiger partial charge is 0.258 e. The third-order valence-electron chi connectivity index (χ3n) is 5.05. The van der Waals surface area contributed by atoms with E-state index in [1.54, 1.807) is 49.4 Å². The summed E-state index contributed by atoms with van der Waals surface area (Å²) < 4.78 is 15.5. The Morgan fingerprint density at radius 2 is 1.97 bits per heavy atom. The van der Waals surface area contributed by atoms with Gasteiger partial charge in [-0.1, -0.05) is 12.1 Å². The second-order valence-electron chi connectivity index (χ2n) is 6.98. The number of hydrogen-bond acceptors (Lipinski definition) is 5. The largest absolute Gasteiger partial charge is 0.324 e. The number of carbonyl (C=O) groups is 2. The van der Waals surface area contributed by atoms with Crippen LogP contribution in [0, 0.1) is 24.1 Å². The monoisotopic (exact) mass is 435 g/mol. The van der Waals surface area contributed by atoms with Crippen molar-refractivity contribution in [3.63, 3.8) is 0 Å². The highest BCUT2D eigenvalue weighted by molar-refractivity contribution is 7.99. The summed E-state index contributed by atoms with van der Waals surface area (Å²) in [5, 5.41) is 15.9. The maximum absolute atomic E-state index is 14.2. The first kappa shape index (κ1) is 20.6. The summed E-state index contributed by atoms with van der Waals surface area (Å²) in [4.78, 5) is 27.5. The number of halogens is 1. The molecule has 0 spiro atoms. The first-order valence-corrected chi connectivity index (χ1v) is 10.6. The first-order chi connectivity index (χ1) is 15.0. The average Bonchev–Trinajstić information content (AvgIpc) is 3.41. The molecule has 1 aromatic heterocycles. The number of nitriles is 1. The van der Waals surface area contributed by atoms with Gasteiger partial charge in [0.2, 0.25) is 5.91 Å². The molecule has 1 fully saturated rings. The number of hydrogen-bond donors (Lipinski definition) is 1. The minimum absolute atomic E-state index is 0.255. The fraction of sp³-hybridized carbons (Fsp3) is 0.182. The summed E-state index contributed by atoms with van der Waals surface area (Å²) >= 11 is 1.48. The molecule has 1 aliphatic heterocycles. The van der Waals surface area contributed by atoms with Crippen molar-refractivity contribution in [2.24, 2.45) is 0 Å². The molecule has 3 aromatic rings. The van der Waals surface area contributed by atoms with Crippen LogP contribution in [0.15, 0.2) is 54.7 Å². The van der Waals surface area contributed by atoms with Gasteiger partial charge in [0.25, 0.3) is 5.91 Å². The van der Waals surface area contributed by atoms with Crippen LogP contribution < -0.4 is 5.32 Å². The lowest BCUT2D eigenvalue weighted by atomic mass is 10.1. The Labute approximate surface area is 182 Å². The fourth-order valence-corrected chi connectivity index (χ4v) is 4.51. The maximum Gasteiger partial charge on any atom is 0.258 e. The summed E-state index contributed by atoms with van der Waals surface area (Å²) in [6.07, 6.45) is 1.41. The lowest BCUT2D eigenvalue weighted by Crippen LogP contribution is -2.44. The number of nitrogens with zero attached hydrogens (tertiary/aromatic N) is 4. The minimum atomic E-state index is -0.649. The number of carbonyl (C=O) groups excluding carboxylic acids is 2. The highest BCUT2D eigenvalue weighted by atomic mass is 32.2. The standard InChI is InChI=1S/C22H18FN5O2S/c1-14-17(11-25-28(14)19-5-3-2-4-18(19)23)22(30)27-13-31-12-20(27)21(29)26-16-8-6-15(10-24)7-9-16/h2-9,11,20H,12-13H2,1H3,(H,26,29). The Kier molecular flexibility index (Phi) is 5.73. The first-order valence-electron chi connectivity index (χ1n) is 9.49. The number of amides is 2. The third-order valence-corrected chi connectivity index (χ3v) is 6.06. The van der Waals surface area contributed by atoms with Crippen molar-refractivity contribution in [3.05, 3.63) is 77.4 Å². The molecule has 0 aliphatic carbocycles. The lowest BCUT2D eigenvalue weighted by molar-refractivity contribution is -0.119. The molecular formula is C22H18FN5O2S. The number of benzene rings is 2. The number of thioether (sulfide) groups is 1. The van der Waals surface area contributed by atoms with Crippen LogP contribution in [-0.2, 0) is 4.79 Å². The van der Waals surface area contributed by atoms with Crippen LogP contribution >= 0.6 is 11.8 Å². The number of nitrogens with one attached hydrogen (secondary N) is 1. The van der Waals surface area contributed by atoms with E-state index in [9.17, 15) is 14.0 Å². The number of anilines is 1. The van der Waals surface area contributed by atoms with Crippen molar-refractivity contribution in [2.75, 3.05) is 16.9 Å². The van der Waals surface area contributed by atoms with Gasteiger partial charge in [-0.05, 0) is 43.3 Å². The van der Waals surface area contributed by atoms with E-state index in [1.165, 1.54) is 33.6 Å². The normalized spacial score (nSPS) is 15.5. The zero-order chi connectivity index (χ0) is 22.0. The van der Waals surface area contributed by atoms with E-state index in [0.29, 0.717) is 34.1 Å². The molecule has 2 heterocycles. The van der Waals surface area contributed by atoms with E-state index in [4.69, 9.17) is 5.26 Å². The van der Waals surface area contributed by atoms with Crippen LogP contribution in [0.5, 0.6) is 0 Å². The second kappa shape index (κ2) is 8.62. The highest BCUT2D eigenvalue weighted by Crippen LogP contribution is 2.26. The van der Waals surface area contributed by atoms with Crippen LogP contribution in [0.4, 0.5) is 10.1 Å². The maximum atomic E-state index is 14.2. The Morgan fingerprint density at radius 1 is 1.23 bits per heavy atom. The molecule has 156 valence electrons. The molecule has 1 saturated heterocycles. The molecule has 31 heavy (non-hydrogen) atoms. The van der Waals surface area contributed by atoms with E-state index in [0.717, 1.165) is 0 Å². The van der Waals surface area contributed by atoms with E-state index in [1.807, 2.05) is 6.07 Å². The Hall–Kier alpha value is -3.64. The van der Waals surface area contributed by atoms with Crippen LogP contribution in [0.25, 0.3) is 5.69 Å². The van der Waals surface area contributed by atoms with Crippen molar-refractivity contribution in [1.82, 2.24) is 14.7 Å². The van der Waals surface area contributed by atoms with Crippen LogP contribution in [0.1, 0.15) is 21.6 Å². The Balaban J connectivity index is 1.53. The molecule has 0 saturated carbocycles. The van der Waals surface area contributed by atoms with Gasteiger partial charge in [-0.2, -0.15) is 10.4 Å². The predicted octanol–water partition coefficient (Wildman–Crippen LogP) is 3.35. The van der Waals surface area contributed by atoms with Crippen molar-refractivity contribution in [2.45, 2.75) is 13.0 Å². The predicted molar refractivity (Wildman–Crippen MR) is 115 cm³/mol. The van der Waals surface area contributed by atoms with Gasteiger partial charge in [-0.3, -0.25) is 9.59 Å². The molecule has 0 radical (unpaired) electrons. The van der Waals surface area contributed by atoms with Crippen LogP contribution in [-0.4, -0.2) is 44.2 Å².